The highest BCUT2D eigenvalue weighted by atomic mass is 35.5. The minimum atomic E-state index is -1.52. The number of alkyl halides is 2. The van der Waals surface area contributed by atoms with Crippen molar-refractivity contribution in [2.45, 2.75) is 75.8 Å². The predicted octanol–water partition coefficient (Wildman–Crippen LogP) is 4.03. The third kappa shape index (κ3) is 2.72. The molecule has 0 fully saturated rings. The largest absolute Gasteiger partial charge is 0.429 e. The van der Waals surface area contributed by atoms with Gasteiger partial charge >= 0.3 is 5.97 Å². The molecule has 2 rings (SSSR count). The molecule has 0 saturated carbocycles. The zero-order chi connectivity index (χ0) is 15.1. The Morgan fingerprint density at radius 1 is 1.15 bits per heavy atom. The first-order valence-electron chi connectivity index (χ1n) is 7.36. The second-order valence-electron chi connectivity index (χ2n) is 6.21. The number of hydrogen-bond donors (Lipinski definition) is 0. The molecule has 20 heavy (non-hydrogen) atoms. The van der Waals surface area contributed by atoms with Crippen LogP contribution in [0.3, 0.4) is 0 Å². The average molecular weight is 320 g/mol. The Hall–Kier alpha value is -0.250. The molecule has 0 N–H and O–H groups in total. The number of halogens is 2. The molecule has 0 saturated heterocycles. The van der Waals surface area contributed by atoms with Gasteiger partial charge in [-0.2, -0.15) is 0 Å². The summed E-state index contributed by atoms with van der Waals surface area (Å²) in [5, 5.41) is 0. The number of nitrogens with zero attached hydrogens (tertiary/aromatic N) is 1. The summed E-state index contributed by atoms with van der Waals surface area (Å²) in [4.78, 5) is 14.4. The molecular formula is C15H23Cl2NO2. The van der Waals surface area contributed by atoms with Crippen LogP contribution in [-0.4, -0.2) is 33.3 Å². The summed E-state index contributed by atoms with van der Waals surface area (Å²) in [6.45, 7) is 8.42. The molecule has 1 aliphatic heterocycles. The highest BCUT2D eigenvalue weighted by Crippen LogP contribution is 2.45. The van der Waals surface area contributed by atoms with Gasteiger partial charge in [0.1, 0.15) is 5.76 Å². The van der Waals surface area contributed by atoms with Crippen LogP contribution in [0.2, 0.25) is 0 Å². The van der Waals surface area contributed by atoms with E-state index in [0.717, 1.165) is 37.0 Å². The standard InChI is InChI=1S/C15H23Cl2NO2/c1-9(2)18(10(3)4)13-11-7-5-6-8-12(11)20-14(19)15(13,16)17/h9-10,13H,5-8H2,1-4H3. The van der Waals surface area contributed by atoms with Crippen molar-refractivity contribution in [2.75, 3.05) is 0 Å². The summed E-state index contributed by atoms with van der Waals surface area (Å²) in [6.07, 6.45) is 3.87. The minimum Gasteiger partial charge on any atom is -0.429 e. The van der Waals surface area contributed by atoms with Gasteiger partial charge in [0.15, 0.2) is 0 Å². The van der Waals surface area contributed by atoms with Crippen molar-refractivity contribution in [1.29, 1.82) is 0 Å². The average Bonchev–Trinajstić information content (AvgIpc) is 2.34. The lowest BCUT2D eigenvalue weighted by Gasteiger charge is -2.47. The lowest BCUT2D eigenvalue weighted by atomic mass is 9.86. The third-order valence-corrected chi connectivity index (χ3v) is 4.83. The van der Waals surface area contributed by atoms with Gasteiger partial charge in [-0.05, 0) is 52.5 Å². The van der Waals surface area contributed by atoms with Gasteiger partial charge < -0.3 is 4.74 Å². The summed E-state index contributed by atoms with van der Waals surface area (Å²) in [5.74, 6) is 0.271. The van der Waals surface area contributed by atoms with Crippen molar-refractivity contribution in [3.05, 3.63) is 11.3 Å². The van der Waals surface area contributed by atoms with Crippen LogP contribution in [0.1, 0.15) is 53.4 Å². The highest BCUT2D eigenvalue weighted by Gasteiger charge is 2.54. The number of hydrogen-bond acceptors (Lipinski definition) is 3. The van der Waals surface area contributed by atoms with E-state index in [4.69, 9.17) is 27.9 Å². The monoisotopic (exact) mass is 319 g/mol. The molecule has 0 aromatic heterocycles. The Morgan fingerprint density at radius 3 is 2.25 bits per heavy atom. The lowest BCUT2D eigenvalue weighted by Crippen LogP contribution is -2.59. The molecule has 1 unspecified atom stereocenters. The number of allylic oxidation sites excluding steroid dienone is 1. The molecule has 0 amide bonds. The van der Waals surface area contributed by atoms with E-state index in [1.54, 1.807) is 0 Å². The van der Waals surface area contributed by atoms with Gasteiger partial charge in [0, 0.05) is 18.5 Å². The van der Waals surface area contributed by atoms with Crippen molar-refractivity contribution in [3.63, 3.8) is 0 Å². The minimum absolute atomic E-state index is 0.249. The number of esters is 1. The zero-order valence-corrected chi connectivity index (χ0v) is 14.1. The first kappa shape index (κ1) is 16.1. The molecule has 0 radical (unpaired) electrons. The topological polar surface area (TPSA) is 29.5 Å². The summed E-state index contributed by atoms with van der Waals surface area (Å²) < 4.78 is 3.87. The second kappa shape index (κ2) is 5.86. The summed E-state index contributed by atoms with van der Waals surface area (Å²) in [5.41, 5.74) is 1.11. The van der Waals surface area contributed by atoms with Gasteiger partial charge in [-0.25, -0.2) is 4.79 Å². The van der Waals surface area contributed by atoms with Crippen LogP contribution >= 0.6 is 23.2 Å². The van der Waals surface area contributed by atoms with E-state index in [1.165, 1.54) is 0 Å². The fraction of sp³-hybridized carbons (Fsp3) is 0.800. The molecule has 1 heterocycles. The Kier molecular flexibility index (Phi) is 4.73. The predicted molar refractivity (Wildman–Crippen MR) is 81.9 cm³/mol. The van der Waals surface area contributed by atoms with Crippen LogP contribution in [0.25, 0.3) is 0 Å². The van der Waals surface area contributed by atoms with Gasteiger partial charge in [-0.1, -0.05) is 23.2 Å². The maximum atomic E-state index is 12.2. The van der Waals surface area contributed by atoms with Gasteiger partial charge in [-0.3, -0.25) is 4.90 Å². The highest BCUT2D eigenvalue weighted by molar-refractivity contribution is 6.58. The number of rotatable bonds is 3. The van der Waals surface area contributed by atoms with Gasteiger partial charge in [-0.15, -0.1) is 0 Å². The summed E-state index contributed by atoms with van der Waals surface area (Å²) in [6, 6.07) is 0.208. The van der Waals surface area contributed by atoms with E-state index < -0.39 is 10.3 Å². The van der Waals surface area contributed by atoms with Crippen molar-refractivity contribution < 1.29 is 9.53 Å². The smallest absolute Gasteiger partial charge is 0.349 e. The molecule has 0 aromatic rings. The maximum absolute atomic E-state index is 12.2. The molecule has 0 bridgehead atoms. The Morgan fingerprint density at radius 2 is 1.70 bits per heavy atom. The Bertz CT molecular complexity index is 422. The van der Waals surface area contributed by atoms with Crippen LogP contribution in [0.15, 0.2) is 11.3 Å². The van der Waals surface area contributed by atoms with Crippen molar-refractivity contribution in [2.24, 2.45) is 0 Å². The second-order valence-corrected chi connectivity index (χ2v) is 7.59. The number of carbonyl (C=O) groups excluding carboxylic acids is 1. The zero-order valence-electron chi connectivity index (χ0n) is 12.6. The molecule has 0 aromatic carbocycles. The van der Waals surface area contributed by atoms with Gasteiger partial charge in [0.05, 0.1) is 6.04 Å². The van der Waals surface area contributed by atoms with Crippen LogP contribution in [-0.2, 0) is 9.53 Å². The van der Waals surface area contributed by atoms with E-state index >= 15 is 0 Å². The molecule has 1 atom stereocenters. The fourth-order valence-electron chi connectivity index (χ4n) is 3.38. The molecular weight excluding hydrogens is 297 g/mol. The summed E-state index contributed by atoms with van der Waals surface area (Å²) >= 11 is 12.8. The normalized spacial score (nSPS) is 26.2. The molecule has 5 heteroatoms. The van der Waals surface area contributed by atoms with Crippen molar-refractivity contribution in [3.8, 4) is 0 Å². The Labute approximate surface area is 131 Å². The molecule has 2 aliphatic rings. The van der Waals surface area contributed by atoms with E-state index in [0.29, 0.717) is 0 Å². The molecule has 0 spiro atoms. The maximum Gasteiger partial charge on any atom is 0.349 e. The van der Waals surface area contributed by atoms with Crippen molar-refractivity contribution in [1.82, 2.24) is 4.90 Å². The Balaban J connectivity index is 2.50. The summed E-state index contributed by atoms with van der Waals surface area (Å²) in [7, 11) is 0. The van der Waals surface area contributed by atoms with Crippen LogP contribution in [0.5, 0.6) is 0 Å². The van der Waals surface area contributed by atoms with E-state index in [1.807, 2.05) is 0 Å². The SMILES string of the molecule is CC(C)N(C(C)C)C1C2=C(CCCC2)OC(=O)C1(Cl)Cl. The van der Waals surface area contributed by atoms with Crippen LogP contribution in [0.4, 0.5) is 0 Å². The van der Waals surface area contributed by atoms with Crippen molar-refractivity contribution >= 4 is 29.2 Å². The first-order chi connectivity index (χ1) is 9.26. The fourth-order valence-corrected chi connectivity index (χ4v) is 3.94. The van der Waals surface area contributed by atoms with Gasteiger partial charge in [0.25, 0.3) is 0 Å². The molecule has 1 aliphatic carbocycles. The van der Waals surface area contributed by atoms with Gasteiger partial charge in [0.2, 0.25) is 4.33 Å². The molecule has 3 nitrogen and oxygen atoms in total. The van der Waals surface area contributed by atoms with Crippen LogP contribution in [0, 0.1) is 0 Å². The van der Waals surface area contributed by atoms with Crippen LogP contribution < -0.4 is 0 Å². The molecule has 114 valence electrons. The number of ether oxygens (including phenoxy) is 1. The van der Waals surface area contributed by atoms with E-state index in [2.05, 4.69) is 32.6 Å². The lowest BCUT2D eigenvalue weighted by molar-refractivity contribution is -0.144. The quantitative estimate of drug-likeness (QED) is 0.581. The number of carbonyl (C=O) groups is 1. The van der Waals surface area contributed by atoms with E-state index in [9.17, 15) is 4.79 Å². The third-order valence-electron chi connectivity index (χ3n) is 4.11. The van der Waals surface area contributed by atoms with E-state index in [-0.39, 0.29) is 18.1 Å². The first-order valence-corrected chi connectivity index (χ1v) is 8.11.